The highest BCUT2D eigenvalue weighted by Crippen LogP contribution is 2.16. The molecule has 0 aliphatic carbocycles. The molecule has 1 amide bonds. The van der Waals surface area contributed by atoms with Crippen molar-refractivity contribution in [1.29, 1.82) is 0 Å². The van der Waals surface area contributed by atoms with Crippen molar-refractivity contribution in [2.75, 3.05) is 26.0 Å². The van der Waals surface area contributed by atoms with Crippen molar-refractivity contribution in [2.45, 2.75) is 4.90 Å². The minimum Gasteiger partial charge on any atom is -0.452 e. The standard InChI is InChI=1S/C17H18N2O5S2/c1-19(2)26(22,23)15-6-4-14(5-7-15)18-16(20)11-24-17(21)8-3-13-9-10-25-12-13/h3-10,12H,11H2,1-2H3,(H,18,20)/b8-3+. The predicted molar refractivity (Wildman–Crippen MR) is 100 cm³/mol. The van der Waals surface area contributed by atoms with Crippen LogP contribution in [0.15, 0.2) is 52.1 Å². The maximum Gasteiger partial charge on any atom is 0.331 e. The summed E-state index contributed by atoms with van der Waals surface area (Å²) in [4.78, 5) is 23.5. The first kappa shape index (κ1) is 19.8. The first-order valence-corrected chi connectivity index (χ1v) is 9.87. The van der Waals surface area contributed by atoms with Crippen LogP contribution in [-0.4, -0.2) is 45.3 Å². The summed E-state index contributed by atoms with van der Waals surface area (Å²) in [6.45, 7) is -0.440. The monoisotopic (exact) mass is 394 g/mol. The number of anilines is 1. The molecular formula is C17H18N2O5S2. The highest BCUT2D eigenvalue weighted by Gasteiger charge is 2.16. The Labute approximate surface area is 156 Å². The van der Waals surface area contributed by atoms with E-state index in [4.69, 9.17) is 4.74 Å². The van der Waals surface area contributed by atoms with Crippen LogP contribution < -0.4 is 5.32 Å². The van der Waals surface area contributed by atoms with Crippen LogP contribution in [0.3, 0.4) is 0 Å². The molecular weight excluding hydrogens is 376 g/mol. The SMILES string of the molecule is CN(C)S(=O)(=O)c1ccc(NC(=O)COC(=O)/C=C/c2ccsc2)cc1. The van der Waals surface area contributed by atoms with Gasteiger partial charge in [-0.15, -0.1) is 0 Å². The summed E-state index contributed by atoms with van der Waals surface area (Å²) < 4.78 is 29.9. The van der Waals surface area contributed by atoms with Gasteiger partial charge in [0.25, 0.3) is 5.91 Å². The molecule has 0 saturated heterocycles. The van der Waals surface area contributed by atoms with Gasteiger partial charge in [0.15, 0.2) is 6.61 Å². The average molecular weight is 394 g/mol. The van der Waals surface area contributed by atoms with Gasteiger partial charge < -0.3 is 10.1 Å². The molecule has 26 heavy (non-hydrogen) atoms. The van der Waals surface area contributed by atoms with Gasteiger partial charge in [0.1, 0.15) is 0 Å². The quantitative estimate of drug-likeness (QED) is 0.574. The number of amides is 1. The smallest absolute Gasteiger partial charge is 0.331 e. The number of hydrogen-bond acceptors (Lipinski definition) is 6. The Kier molecular flexibility index (Phi) is 6.67. The summed E-state index contributed by atoms with van der Waals surface area (Å²) in [5.41, 5.74) is 1.28. The normalized spacial score (nSPS) is 11.7. The van der Waals surface area contributed by atoms with Crippen molar-refractivity contribution in [2.24, 2.45) is 0 Å². The van der Waals surface area contributed by atoms with E-state index in [0.29, 0.717) is 5.69 Å². The number of nitrogens with zero attached hydrogens (tertiary/aromatic N) is 1. The zero-order valence-corrected chi connectivity index (χ0v) is 15.8. The molecule has 1 aromatic heterocycles. The fourth-order valence-electron chi connectivity index (χ4n) is 1.84. The van der Waals surface area contributed by atoms with E-state index in [1.54, 1.807) is 6.08 Å². The molecule has 2 rings (SSSR count). The first-order valence-electron chi connectivity index (χ1n) is 7.48. The lowest BCUT2D eigenvalue weighted by Gasteiger charge is -2.12. The summed E-state index contributed by atoms with van der Waals surface area (Å²) in [7, 11) is -0.651. The van der Waals surface area contributed by atoms with Crippen LogP contribution >= 0.6 is 11.3 Å². The van der Waals surface area contributed by atoms with E-state index in [0.717, 1.165) is 9.87 Å². The molecule has 138 valence electrons. The van der Waals surface area contributed by atoms with E-state index >= 15 is 0 Å². The number of benzene rings is 1. The van der Waals surface area contributed by atoms with Gasteiger partial charge in [-0.05, 0) is 52.7 Å². The maximum atomic E-state index is 12.0. The molecule has 1 aromatic carbocycles. The summed E-state index contributed by atoms with van der Waals surface area (Å²) in [5.74, 6) is -1.15. The number of sulfonamides is 1. The van der Waals surface area contributed by atoms with E-state index in [1.807, 2.05) is 16.8 Å². The first-order chi connectivity index (χ1) is 12.3. The van der Waals surface area contributed by atoms with Gasteiger partial charge in [0.2, 0.25) is 10.0 Å². The van der Waals surface area contributed by atoms with E-state index in [-0.39, 0.29) is 4.90 Å². The zero-order valence-electron chi connectivity index (χ0n) is 14.2. The Balaban J connectivity index is 1.85. The fraction of sp³-hybridized carbons (Fsp3) is 0.176. The van der Waals surface area contributed by atoms with Crippen LogP contribution in [0.2, 0.25) is 0 Å². The average Bonchev–Trinajstić information content (AvgIpc) is 3.12. The largest absolute Gasteiger partial charge is 0.452 e. The Morgan fingerprint density at radius 3 is 2.46 bits per heavy atom. The van der Waals surface area contributed by atoms with E-state index in [9.17, 15) is 18.0 Å². The van der Waals surface area contributed by atoms with E-state index < -0.39 is 28.5 Å². The second-order valence-electron chi connectivity index (χ2n) is 5.36. The van der Waals surface area contributed by atoms with Crippen molar-refractivity contribution in [3.63, 3.8) is 0 Å². The lowest BCUT2D eigenvalue weighted by molar-refractivity contribution is -0.142. The number of carbonyl (C=O) groups excluding carboxylic acids is 2. The van der Waals surface area contributed by atoms with Gasteiger partial charge in [0, 0.05) is 25.9 Å². The van der Waals surface area contributed by atoms with Crippen molar-refractivity contribution in [1.82, 2.24) is 4.31 Å². The lowest BCUT2D eigenvalue weighted by Crippen LogP contribution is -2.22. The summed E-state index contributed by atoms with van der Waals surface area (Å²) in [5, 5.41) is 6.28. The number of nitrogens with one attached hydrogen (secondary N) is 1. The van der Waals surface area contributed by atoms with Gasteiger partial charge in [-0.3, -0.25) is 4.79 Å². The van der Waals surface area contributed by atoms with Crippen LogP contribution in [-0.2, 0) is 24.3 Å². The molecule has 1 heterocycles. The van der Waals surface area contributed by atoms with Gasteiger partial charge >= 0.3 is 5.97 Å². The number of thiophene rings is 1. The highest BCUT2D eigenvalue weighted by molar-refractivity contribution is 7.89. The molecule has 7 nitrogen and oxygen atoms in total. The molecule has 0 atom stereocenters. The molecule has 2 aromatic rings. The third-order valence-electron chi connectivity index (χ3n) is 3.22. The molecule has 0 unspecified atom stereocenters. The van der Waals surface area contributed by atoms with Crippen LogP contribution in [0.4, 0.5) is 5.69 Å². The summed E-state index contributed by atoms with van der Waals surface area (Å²) >= 11 is 1.51. The van der Waals surface area contributed by atoms with Gasteiger partial charge in [-0.25, -0.2) is 17.5 Å². The maximum absolute atomic E-state index is 12.0. The molecule has 0 spiro atoms. The van der Waals surface area contributed by atoms with Gasteiger partial charge in [-0.1, -0.05) is 0 Å². The molecule has 0 aliphatic heterocycles. The van der Waals surface area contributed by atoms with Crippen molar-refractivity contribution in [3.8, 4) is 0 Å². The van der Waals surface area contributed by atoms with Crippen molar-refractivity contribution < 1.29 is 22.7 Å². The molecule has 0 saturated carbocycles. The Morgan fingerprint density at radius 1 is 1.19 bits per heavy atom. The van der Waals surface area contributed by atoms with Crippen LogP contribution in [0.1, 0.15) is 5.56 Å². The number of hydrogen-bond donors (Lipinski definition) is 1. The Bertz CT molecular complexity index is 886. The van der Waals surface area contributed by atoms with Gasteiger partial charge in [-0.2, -0.15) is 11.3 Å². The third kappa shape index (κ3) is 5.51. The summed E-state index contributed by atoms with van der Waals surface area (Å²) in [6.07, 6.45) is 2.84. The minimum atomic E-state index is -3.52. The topological polar surface area (TPSA) is 92.8 Å². The number of ether oxygens (including phenoxy) is 1. The van der Waals surface area contributed by atoms with Crippen LogP contribution in [0.25, 0.3) is 6.08 Å². The van der Waals surface area contributed by atoms with Crippen molar-refractivity contribution >= 4 is 45.0 Å². The fourth-order valence-corrected chi connectivity index (χ4v) is 3.37. The van der Waals surface area contributed by atoms with Gasteiger partial charge in [0.05, 0.1) is 4.90 Å². The molecule has 1 N–H and O–H groups in total. The Morgan fingerprint density at radius 2 is 1.88 bits per heavy atom. The second kappa shape index (κ2) is 8.75. The molecule has 9 heteroatoms. The number of rotatable bonds is 7. The van der Waals surface area contributed by atoms with Crippen LogP contribution in [0.5, 0.6) is 0 Å². The van der Waals surface area contributed by atoms with Crippen LogP contribution in [0, 0.1) is 0 Å². The molecule has 0 aliphatic rings. The number of esters is 1. The second-order valence-corrected chi connectivity index (χ2v) is 8.29. The third-order valence-corrected chi connectivity index (χ3v) is 5.75. The molecule has 0 radical (unpaired) electrons. The lowest BCUT2D eigenvalue weighted by atomic mass is 10.3. The molecule has 0 fully saturated rings. The zero-order chi connectivity index (χ0) is 19.2. The highest BCUT2D eigenvalue weighted by atomic mass is 32.2. The predicted octanol–water partition coefficient (Wildman–Crippen LogP) is 2.19. The van der Waals surface area contributed by atoms with E-state index in [2.05, 4.69) is 5.32 Å². The summed E-state index contributed by atoms with van der Waals surface area (Å²) in [6, 6.07) is 7.56. The molecule has 0 bridgehead atoms. The number of carbonyl (C=O) groups is 2. The Hall–Kier alpha value is -2.49. The minimum absolute atomic E-state index is 0.116. The van der Waals surface area contributed by atoms with Crippen molar-refractivity contribution in [3.05, 3.63) is 52.7 Å². The van der Waals surface area contributed by atoms with E-state index in [1.165, 1.54) is 55.8 Å².